The van der Waals surface area contributed by atoms with Gasteiger partial charge in [-0.15, -0.1) is 0 Å². The van der Waals surface area contributed by atoms with Gasteiger partial charge in [0.05, 0.1) is 6.54 Å². The van der Waals surface area contributed by atoms with E-state index in [0.717, 1.165) is 30.9 Å². The van der Waals surface area contributed by atoms with Crippen molar-refractivity contribution in [3.05, 3.63) is 29.8 Å². The molecule has 7 nitrogen and oxygen atoms in total. The van der Waals surface area contributed by atoms with Crippen molar-refractivity contribution >= 4 is 12.0 Å². The molecule has 0 aromatic heterocycles. The molecule has 33 heavy (non-hydrogen) atoms. The van der Waals surface area contributed by atoms with Gasteiger partial charge in [0.1, 0.15) is 12.4 Å². The average Bonchev–Trinajstić information content (AvgIpc) is 2.83. The number of carboxylic acid groups (broad SMARTS) is 1. The fraction of sp³-hybridized carbons (Fsp3) is 0.692. The molecule has 1 saturated carbocycles. The van der Waals surface area contributed by atoms with E-state index in [4.69, 9.17) is 9.47 Å². The van der Waals surface area contributed by atoms with E-state index < -0.39 is 12.1 Å². The molecule has 0 aliphatic heterocycles. The van der Waals surface area contributed by atoms with Crippen LogP contribution in [0.15, 0.2) is 24.3 Å². The van der Waals surface area contributed by atoms with Crippen molar-refractivity contribution in [2.24, 2.45) is 5.92 Å². The number of urea groups is 1. The molecule has 0 saturated heterocycles. The first kappa shape index (κ1) is 27.0. The van der Waals surface area contributed by atoms with Gasteiger partial charge < -0.3 is 24.8 Å². The van der Waals surface area contributed by atoms with Gasteiger partial charge in [0, 0.05) is 26.1 Å². The quantitative estimate of drug-likeness (QED) is 0.388. The van der Waals surface area contributed by atoms with Crippen LogP contribution < -0.4 is 10.1 Å². The molecule has 1 aliphatic carbocycles. The predicted molar refractivity (Wildman–Crippen MR) is 130 cm³/mol. The lowest BCUT2D eigenvalue weighted by Gasteiger charge is -2.25. The maximum Gasteiger partial charge on any atom is 0.333 e. The normalized spacial score (nSPS) is 15.1. The van der Waals surface area contributed by atoms with Gasteiger partial charge in [0.15, 0.2) is 6.10 Å². The molecule has 0 radical (unpaired) electrons. The Kier molecular flexibility index (Phi) is 12.7. The maximum atomic E-state index is 12.6. The second-order valence-electron chi connectivity index (χ2n) is 8.84. The minimum absolute atomic E-state index is 0.0184. The lowest BCUT2D eigenvalue weighted by Crippen LogP contribution is -2.43. The van der Waals surface area contributed by atoms with Crippen molar-refractivity contribution in [2.75, 3.05) is 32.8 Å². The molecule has 0 spiro atoms. The molecule has 1 aliphatic rings. The van der Waals surface area contributed by atoms with Crippen LogP contribution in [0.3, 0.4) is 0 Å². The summed E-state index contributed by atoms with van der Waals surface area (Å²) in [4.78, 5) is 25.7. The molecule has 0 bridgehead atoms. The monoisotopic (exact) mass is 462 g/mol. The van der Waals surface area contributed by atoms with E-state index in [1.54, 1.807) is 6.92 Å². The number of nitrogens with zero attached hydrogens (tertiary/aromatic N) is 1. The van der Waals surface area contributed by atoms with Gasteiger partial charge in [-0.05, 0) is 49.8 Å². The topological polar surface area (TPSA) is 88.1 Å². The molecule has 2 amide bonds. The summed E-state index contributed by atoms with van der Waals surface area (Å²) in [7, 11) is 0. The molecule has 1 aromatic carbocycles. The van der Waals surface area contributed by atoms with Crippen LogP contribution in [0.25, 0.3) is 0 Å². The second kappa shape index (κ2) is 15.5. The van der Waals surface area contributed by atoms with Gasteiger partial charge in [-0.1, -0.05) is 51.2 Å². The van der Waals surface area contributed by atoms with Crippen molar-refractivity contribution in [1.29, 1.82) is 0 Å². The molecule has 7 heteroatoms. The zero-order chi connectivity index (χ0) is 23.9. The van der Waals surface area contributed by atoms with Crippen LogP contribution in [0.5, 0.6) is 5.75 Å². The van der Waals surface area contributed by atoms with Crippen LogP contribution in [0.1, 0.15) is 70.8 Å². The number of benzene rings is 1. The summed E-state index contributed by atoms with van der Waals surface area (Å²) in [6.07, 6.45) is 9.34. The number of aliphatic carboxylic acids is 1. The van der Waals surface area contributed by atoms with Gasteiger partial charge in [-0.2, -0.15) is 0 Å². The Bertz CT molecular complexity index is 688. The Balaban J connectivity index is 1.80. The number of hydrogen-bond acceptors (Lipinski definition) is 4. The van der Waals surface area contributed by atoms with Crippen molar-refractivity contribution in [3.63, 3.8) is 0 Å². The average molecular weight is 463 g/mol. The Labute approximate surface area is 198 Å². The summed E-state index contributed by atoms with van der Waals surface area (Å²) in [6, 6.07) is 7.38. The predicted octanol–water partition coefficient (Wildman–Crippen LogP) is 4.88. The third-order valence-corrected chi connectivity index (χ3v) is 6.20. The fourth-order valence-electron chi connectivity index (χ4n) is 4.33. The SMILES string of the molecule is CCCNC(=O)N(CCCC1CCCCC1)CCOc1ccc(CC(OCC)C(=O)O)cc1. The van der Waals surface area contributed by atoms with Crippen molar-refractivity contribution in [3.8, 4) is 5.75 Å². The number of nitrogens with one attached hydrogen (secondary N) is 1. The number of carbonyl (C=O) groups is 2. The first-order valence-corrected chi connectivity index (χ1v) is 12.6. The van der Waals surface area contributed by atoms with Crippen LogP contribution in [-0.4, -0.2) is 61.0 Å². The van der Waals surface area contributed by atoms with Gasteiger partial charge in [-0.3, -0.25) is 0 Å². The van der Waals surface area contributed by atoms with Crippen LogP contribution >= 0.6 is 0 Å². The van der Waals surface area contributed by atoms with Gasteiger partial charge in [0.25, 0.3) is 0 Å². The molecule has 1 unspecified atom stereocenters. The van der Waals surface area contributed by atoms with Crippen LogP contribution in [0.2, 0.25) is 0 Å². The van der Waals surface area contributed by atoms with Gasteiger partial charge in [0.2, 0.25) is 0 Å². The minimum atomic E-state index is -0.956. The second-order valence-corrected chi connectivity index (χ2v) is 8.84. The first-order valence-electron chi connectivity index (χ1n) is 12.6. The zero-order valence-electron chi connectivity index (χ0n) is 20.4. The third-order valence-electron chi connectivity index (χ3n) is 6.20. The molecule has 186 valence electrons. The highest BCUT2D eigenvalue weighted by Crippen LogP contribution is 2.27. The zero-order valence-corrected chi connectivity index (χ0v) is 20.4. The number of carbonyl (C=O) groups excluding carboxylic acids is 1. The summed E-state index contributed by atoms with van der Waals surface area (Å²) in [5.41, 5.74) is 0.881. The standard InChI is InChI=1S/C26H42N2O5/c1-3-16-27-26(31)28(17-8-11-21-9-6-5-7-10-21)18-19-33-23-14-12-22(13-15-23)20-24(25(29)30)32-4-2/h12-15,21,24H,3-11,16-20H2,1-2H3,(H,27,31)(H,29,30). The molecule has 0 heterocycles. The molecule has 2 N–H and O–H groups in total. The number of rotatable bonds is 15. The number of hydrogen-bond donors (Lipinski definition) is 2. The summed E-state index contributed by atoms with van der Waals surface area (Å²) in [5, 5.41) is 12.2. The minimum Gasteiger partial charge on any atom is -0.492 e. The van der Waals surface area contributed by atoms with Gasteiger partial charge >= 0.3 is 12.0 Å². The van der Waals surface area contributed by atoms with E-state index in [1.165, 1.54) is 38.5 Å². The summed E-state index contributed by atoms with van der Waals surface area (Å²) >= 11 is 0. The number of ether oxygens (including phenoxy) is 2. The highest BCUT2D eigenvalue weighted by Gasteiger charge is 2.18. The van der Waals surface area contributed by atoms with E-state index in [9.17, 15) is 14.7 Å². The number of carboxylic acids is 1. The first-order chi connectivity index (χ1) is 16.0. The highest BCUT2D eigenvalue weighted by molar-refractivity contribution is 5.74. The summed E-state index contributed by atoms with van der Waals surface area (Å²) in [6.45, 7) is 6.58. The maximum absolute atomic E-state index is 12.6. The Morgan fingerprint density at radius 3 is 2.48 bits per heavy atom. The van der Waals surface area contributed by atoms with E-state index in [1.807, 2.05) is 36.1 Å². The van der Waals surface area contributed by atoms with Crippen molar-refractivity contribution in [2.45, 2.75) is 77.7 Å². The Hall–Kier alpha value is -2.28. The Morgan fingerprint density at radius 1 is 1.12 bits per heavy atom. The van der Waals surface area contributed by atoms with Crippen molar-refractivity contribution < 1.29 is 24.2 Å². The van der Waals surface area contributed by atoms with Crippen molar-refractivity contribution in [1.82, 2.24) is 10.2 Å². The summed E-state index contributed by atoms with van der Waals surface area (Å²) in [5.74, 6) is 0.567. The van der Waals surface area contributed by atoms with E-state index in [-0.39, 0.29) is 6.03 Å². The largest absolute Gasteiger partial charge is 0.492 e. The highest BCUT2D eigenvalue weighted by atomic mass is 16.5. The Morgan fingerprint density at radius 2 is 1.85 bits per heavy atom. The van der Waals surface area contributed by atoms with Crippen LogP contribution in [0.4, 0.5) is 4.79 Å². The summed E-state index contributed by atoms with van der Waals surface area (Å²) < 4.78 is 11.1. The lowest BCUT2D eigenvalue weighted by molar-refractivity contribution is -0.149. The third kappa shape index (κ3) is 10.5. The number of amides is 2. The smallest absolute Gasteiger partial charge is 0.333 e. The van der Waals surface area contributed by atoms with E-state index >= 15 is 0 Å². The fourth-order valence-corrected chi connectivity index (χ4v) is 4.33. The lowest BCUT2D eigenvalue weighted by atomic mass is 9.86. The van der Waals surface area contributed by atoms with Gasteiger partial charge in [-0.25, -0.2) is 9.59 Å². The van der Waals surface area contributed by atoms with E-state index in [2.05, 4.69) is 5.32 Å². The molecular weight excluding hydrogens is 420 g/mol. The molecule has 1 fully saturated rings. The molecule has 1 atom stereocenters. The molecule has 1 aromatic rings. The molecule has 2 rings (SSSR count). The van der Waals surface area contributed by atoms with Crippen LogP contribution in [0, 0.1) is 5.92 Å². The molecular formula is C26H42N2O5. The van der Waals surface area contributed by atoms with E-state index in [0.29, 0.717) is 38.5 Å². The van der Waals surface area contributed by atoms with Crippen LogP contribution in [-0.2, 0) is 16.0 Å².